The first-order valence-corrected chi connectivity index (χ1v) is 6.21. The van der Waals surface area contributed by atoms with Crippen molar-refractivity contribution in [1.82, 2.24) is 0 Å². The Hall–Kier alpha value is -1.68. The van der Waals surface area contributed by atoms with Crippen molar-refractivity contribution in [3.63, 3.8) is 0 Å². The van der Waals surface area contributed by atoms with Crippen molar-refractivity contribution in [3.8, 4) is 0 Å². The molecule has 104 valence electrons. The van der Waals surface area contributed by atoms with Crippen molar-refractivity contribution in [2.24, 2.45) is 11.1 Å². The Balaban J connectivity index is 3.04. The van der Waals surface area contributed by atoms with Gasteiger partial charge in [-0.05, 0) is 33.3 Å². The zero-order valence-corrected chi connectivity index (χ0v) is 11.8. The van der Waals surface area contributed by atoms with Crippen molar-refractivity contribution in [2.45, 2.75) is 39.3 Å². The molecule has 0 aromatic heterocycles. The van der Waals surface area contributed by atoms with E-state index in [1.54, 1.807) is 32.9 Å². The van der Waals surface area contributed by atoms with Crippen LogP contribution in [0.5, 0.6) is 0 Å². The molecule has 0 amide bonds. The van der Waals surface area contributed by atoms with Gasteiger partial charge >= 0.3 is 5.97 Å². The fourth-order valence-electron chi connectivity index (χ4n) is 1.64. The molecule has 1 aromatic rings. The molecule has 4 heteroatoms. The van der Waals surface area contributed by atoms with Crippen LogP contribution in [0.2, 0.25) is 0 Å². The van der Waals surface area contributed by atoms with Crippen molar-refractivity contribution >= 4 is 12.3 Å². The monoisotopic (exact) mass is 263 g/mol. The number of carbonyl (C=O) groups is 2. The molecule has 2 atom stereocenters. The topological polar surface area (TPSA) is 69.4 Å². The average Bonchev–Trinajstić information content (AvgIpc) is 2.35. The van der Waals surface area contributed by atoms with E-state index in [0.717, 1.165) is 5.56 Å². The van der Waals surface area contributed by atoms with Gasteiger partial charge in [-0.15, -0.1) is 0 Å². The second kappa shape index (κ2) is 5.53. The van der Waals surface area contributed by atoms with E-state index in [-0.39, 0.29) is 0 Å². The highest BCUT2D eigenvalue weighted by Crippen LogP contribution is 2.32. The normalized spacial score (nSPS) is 16.3. The second-order valence-electron chi connectivity index (χ2n) is 5.79. The largest absolute Gasteiger partial charge is 0.459 e. The summed E-state index contributed by atoms with van der Waals surface area (Å²) >= 11 is 0. The van der Waals surface area contributed by atoms with Crippen molar-refractivity contribution in [3.05, 3.63) is 35.9 Å². The highest BCUT2D eigenvalue weighted by molar-refractivity contribution is 5.94. The lowest BCUT2D eigenvalue weighted by molar-refractivity contribution is -0.168. The quantitative estimate of drug-likeness (QED) is 0.514. The van der Waals surface area contributed by atoms with Gasteiger partial charge in [-0.25, -0.2) is 0 Å². The first kappa shape index (κ1) is 15.4. The predicted molar refractivity (Wildman–Crippen MR) is 73.4 cm³/mol. The maximum atomic E-state index is 12.2. The Morgan fingerprint density at radius 2 is 1.74 bits per heavy atom. The fraction of sp³-hybridized carbons (Fsp3) is 0.467. The Labute approximate surface area is 113 Å². The number of esters is 1. The van der Waals surface area contributed by atoms with E-state index >= 15 is 0 Å². The Morgan fingerprint density at radius 1 is 1.21 bits per heavy atom. The third-order valence-electron chi connectivity index (χ3n) is 2.89. The minimum atomic E-state index is -1.39. The van der Waals surface area contributed by atoms with Gasteiger partial charge in [-0.1, -0.05) is 30.3 Å². The van der Waals surface area contributed by atoms with E-state index in [1.165, 1.54) is 6.92 Å². The van der Waals surface area contributed by atoms with Gasteiger partial charge in [0.2, 0.25) is 0 Å². The van der Waals surface area contributed by atoms with Crippen LogP contribution in [0.4, 0.5) is 0 Å². The van der Waals surface area contributed by atoms with Crippen LogP contribution in [0.25, 0.3) is 0 Å². The van der Waals surface area contributed by atoms with Gasteiger partial charge in [-0.3, -0.25) is 4.79 Å². The molecule has 2 unspecified atom stereocenters. The maximum absolute atomic E-state index is 12.2. The van der Waals surface area contributed by atoms with Crippen LogP contribution in [-0.4, -0.2) is 17.9 Å². The van der Waals surface area contributed by atoms with Crippen LogP contribution in [0.3, 0.4) is 0 Å². The summed E-state index contributed by atoms with van der Waals surface area (Å²) in [5.41, 5.74) is 4.75. The lowest BCUT2D eigenvalue weighted by Gasteiger charge is -2.31. The standard InChI is InChI=1S/C15H21NO3/c1-14(2,3)19-13(18)15(4,10-17)12(16)11-8-6-5-7-9-11/h5-10,12H,16H2,1-4H3. The van der Waals surface area contributed by atoms with E-state index < -0.39 is 23.0 Å². The molecule has 0 heterocycles. The van der Waals surface area contributed by atoms with Crippen LogP contribution in [0.1, 0.15) is 39.3 Å². The van der Waals surface area contributed by atoms with Gasteiger partial charge in [0.05, 0.1) is 6.04 Å². The molecule has 2 N–H and O–H groups in total. The minimum Gasteiger partial charge on any atom is -0.459 e. The number of hydrogen-bond donors (Lipinski definition) is 1. The second-order valence-corrected chi connectivity index (χ2v) is 5.79. The molecule has 19 heavy (non-hydrogen) atoms. The number of benzene rings is 1. The lowest BCUT2D eigenvalue weighted by atomic mass is 9.80. The molecule has 0 radical (unpaired) electrons. The highest BCUT2D eigenvalue weighted by atomic mass is 16.6. The lowest BCUT2D eigenvalue weighted by Crippen LogP contribution is -2.44. The number of aldehydes is 1. The third kappa shape index (κ3) is 3.64. The van der Waals surface area contributed by atoms with Gasteiger partial charge in [0.15, 0.2) is 0 Å². The molecule has 0 saturated heterocycles. The van der Waals surface area contributed by atoms with Crippen LogP contribution < -0.4 is 5.73 Å². The van der Waals surface area contributed by atoms with Crippen molar-refractivity contribution < 1.29 is 14.3 Å². The van der Waals surface area contributed by atoms with Gasteiger partial charge < -0.3 is 15.3 Å². The summed E-state index contributed by atoms with van der Waals surface area (Å²) in [6.07, 6.45) is 0.568. The van der Waals surface area contributed by atoms with E-state index in [1.807, 2.05) is 18.2 Å². The number of ether oxygens (including phenoxy) is 1. The Kier molecular flexibility index (Phi) is 4.48. The zero-order valence-electron chi connectivity index (χ0n) is 11.8. The summed E-state index contributed by atoms with van der Waals surface area (Å²) in [6, 6.07) is 8.32. The third-order valence-corrected chi connectivity index (χ3v) is 2.89. The van der Waals surface area contributed by atoms with Crippen LogP contribution in [-0.2, 0) is 14.3 Å². The first-order chi connectivity index (χ1) is 8.70. The van der Waals surface area contributed by atoms with Gasteiger partial charge in [0, 0.05) is 0 Å². The zero-order chi connectivity index (χ0) is 14.7. The van der Waals surface area contributed by atoms with E-state index in [0.29, 0.717) is 6.29 Å². The van der Waals surface area contributed by atoms with Gasteiger partial charge in [0.25, 0.3) is 0 Å². The van der Waals surface area contributed by atoms with Crippen molar-refractivity contribution in [2.75, 3.05) is 0 Å². The molecule has 0 bridgehead atoms. The molecule has 0 fully saturated rings. The summed E-state index contributed by atoms with van der Waals surface area (Å²) in [6.45, 7) is 6.77. The van der Waals surface area contributed by atoms with Crippen LogP contribution in [0, 0.1) is 5.41 Å². The summed E-state index contributed by atoms with van der Waals surface area (Å²) < 4.78 is 5.29. The molecule has 0 aliphatic heterocycles. The summed E-state index contributed by atoms with van der Waals surface area (Å²) in [5.74, 6) is -0.605. The molecule has 1 rings (SSSR count). The maximum Gasteiger partial charge on any atom is 0.321 e. The van der Waals surface area contributed by atoms with E-state index in [9.17, 15) is 9.59 Å². The predicted octanol–water partition coefficient (Wildman–Crippen LogP) is 2.23. The fourth-order valence-corrected chi connectivity index (χ4v) is 1.64. The molecular formula is C15H21NO3. The van der Waals surface area contributed by atoms with Crippen LogP contribution >= 0.6 is 0 Å². The minimum absolute atomic E-state index is 0.568. The van der Waals surface area contributed by atoms with Crippen molar-refractivity contribution in [1.29, 1.82) is 0 Å². The van der Waals surface area contributed by atoms with Crippen LogP contribution in [0.15, 0.2) is 30.3 Å². The molecule has 0 saturated carbocycles. The van der Waals surface area contributed by atoms with E-state index in [2.05, 4.69) is 0 Å². The molecular weight excluding hydrogens is 242 g/mol. The summed E-state index contributed by atoms with van der Waals surface area (Å²) in [4.78, 5) is 23.6. The molecule has 1 aromatic carbocycles. The average molecular weight is 263 g/mol. The number of hydrogen-bond acceptors (Lipinski definition) is 4. The number of rotatable bonds is 4. The molecule has 0 aliphatic carbocycles. The van der Waals surface area contributed by atoms with E-state index in [4.69, 9.17) is 10.5 Å². The number of carbonyl (C=O) groups excluding carboxylic acids is 2. The summed E-state index contributed by atoms with van der Waals surface area (Å²) in [5, 5.41) is 0. The first-order valence-electron chi connectivity index (χ1n) is 6.21. The van der Waals surface area contributed by atoms with Gasteiger partial charge in [-0.2, -0.15) is 0 Å². The molecule has 0 aliphatic rings. The molecule has 0 spiro atoms. The SMILES string of the molecule is CC(C)(C)OC(=O)C(C)(C=O)C(N)c1ccccc1. The Bertz CT molecular complexity index is 450. The Morgan fingerprint density at radius 3 is 2.16 bits per heavy atom. The smallest absolute Gasteiger partial charge is 0.321 e. The number of nitrogens with two attached hydrogens (primary N) is 1. The highest BCUT2D eigenvalue weighted by Gasteiger charge is 2.43. The molecule has 4 nitrogen and oxygen atoms in total. The van der Waals surface area contributed by atoms with Gasteiger partial charge in [0.1, 0.15) is 17.3 Å². The summed E-state index contributed by atoms with van der Waals surface area (Å²) in [7, 11) is 0.